The van der Waals surface area contributed by atoms with Crippen LogP contribution < -0.4 is 0 Å². The normalized spacial score (nSPS) is 16.8. The number of amides is 1. The van der Waals surface area contributed by atoms with Crippen LogP contribution in [0.1, 0.15) is 25.7 Å². The second kappa shape index (κ2) is 7.19. The van der Waals surface area contributed by atoms with E-state index in [4.69, 9.17) is 5.11 Å². The molecule has 0 aromatic heterocycles. The third-order valence-corrected chi connectivity index (χ3v) is 4.14. The summed E-state index contributed by atoms with van der Waals surface area (Å²) in [5.74, 6) is -2.88. The zero-order valence-electron chi connectivity index (χ0n) is 13.0. The minimum Gasteiger partial charge on any atom is -0.481 e. The molecule has 16 heteroatoms. The fraction of sp³-hybridized carbons (Fsp3) is 0.800. The molecule has 144 valence electrons. The quantitative estimate of drug-likeness (QED) is 0.289. The first-order chi connectivity index (χ1) is 11.9. The molecule has 0 radical (unpaired) electrons. The zero-order valence-corrected chi connectivity index (χ0v) is 13.0. The van der Waals surface area contributed by atoms with Crippen LogP contribution in [0.5, 0.6) is 0 Å². The van der Waals surface area contributed by atoms with Crippen molar-refractivity contribution in [2.24, 2.45) is 0 Å². The number of likely N-dealkylation sites (tertiary alicyclic amines) is 1. The van der Waals surface area contributed by atoms with E-state index in [2.05, 4.69) is 0 Å². The molecule has 26 heavy (non-hydrogen) atoms. The fourth-order valence-corrected chi connectivity index (χ4v) is 2.52. The van der Waals surface area contributed by atoms with Gasteiger partial charge in [-0.3, -0.25) is 50.0 Å². The van der Waals surface area contributed by atoms with Crippen LogP contribution in [0.25, 0.3) is 0 Å². The summed E-state index contributed by atoms with van der Waals surface area (Å²) < 4.78 is 0. The largest absolute Gasteiger partial charge is 0.481 e. The maximum Gasteiger partial charge on any atom is 0.470 e. The third kappa shape index (κ3) is 3.62. The van der Waals surface area contributed by atoms with Gasteiger partial charge in [0.2, 0.25) is 5.91 Å². The van der Waals surface area contributed by atoms with Crippen LogP contribution in [0.2, 0.25) is 0 Å². The molecule has 0 aliphatic carbocycles. The molecule has 1 rings (SSSR count). The fourth-order valence-electron chi connectivity index (χ4n) is 2.52. The molecular weight excluding hydrogens is 366 g/mol. The van der Waals surface area contributed by atoms with E-state index in [1.165, 1.54) is 0 Å². The average Bonchev–Trinajstić information content (AvgIpc) is 2.50. The van der Waals surface area contributed by atoms with E-state index in [0.29, 0.717) is 0 Å². The number of aliphatic carboxylic acids is 1. The molecule has 0 aromatic carbocycles. The number of carbonyl (C=O) groups excluding carboxylic acids is 1. The molecule has 0 bridgehead atoms. The summed E-state index contributed by atoms with van der Waals surface area (Å²) in [6.45, 7) is -1.18. The number of hydrogen-bond donors (Lipinski definition) is 1. The summed E-state index contributed by atoms with van der Waals surface area (Å²) in [6, 6.07) is 0. The number of nitro groups is 4. The third-order valence-electron chi connectivity index (χ3n) is 4.14. The standard InChI is InChI=1S/C10H13N5O11/c16-7-5-9(12(19)20,13(21)22)1-3-11(7)4-2-10(14(23)24,15(25)26)6-8(17)18/h1-6H2,(H,17,18). The highest BCUT2D eigenvalue weighted by atomic mass is 16.7. The highest BCUT2D eigenvalue weighted by molar-refractivity contribution is 5.77. The van der Waals surface area contributed by atoms with Gasteiger partial charge in [-0.15, -0.1) is 0 Å². The van der Waals surface area contributed by atoms with Gasteiger partial charge in [-0.2, -0.15) is 0 Å². The first-order valence-electron chi connectivity index (χ1n) is 6.96. The van der Waals surface area contributed by atoms with E-state index >= 15 is 0 Å². The van der Waals surface area contributed by atoms with Gasteiger partial charge < -0.3 is 10.0 Å². The highest BCUT2D eigenvalue weighted by Crippen LogP contribution is 2.29. The molecule has 0 unspecified atom stereocenters. The lowest BCUT2D eigenvalue weighted by atomic mass is 9.96. The number of hydrogen-bond acceptors (Lipinski definition) is 10. The number of carbonyl (C=O) groups is 2. The molecular formula is C10H13N5O11. The monoisotopic (exact) mass is 379 g/mol. The van der Waals surface area contributed by atoms with E-state index in [0.717, 1.165) is 4.90 Å². The Bertz CT molecular complexity index is 648. The van der Waals surface area contributed by atoms with Gasteiger partial charge in [0.15, 0.2) is 12.8 Å². The van der Waals surface area contributed by atoms with Crippen LogP contribution in [0.3, 0.4) is 0 Å². The van der Waals surface area contributed by atoms with Crippen molar-refractivity contribution in [3.05, 3.63) is 40.5 Å². The lowest BCUT2D eigenvalue weighted by Crippen LogP contribution is -2.57. The van der Waals surface area contributed by atoms with Crippen molar-refractivity contribution in [3.8, 4) is 0 Å². The molecule has 1 heterocycles. The smallest absolute Gasteiger partial charge is 0.470 e. The van der Waals surface area contributed by atoms with Crippen LogP contribution in [0.4, 0.5) is 0 Å². The second-order valence-corrected chi connectivity index (χ2v) is 5.62. The second-order valence-electron chi connectivity index (χ2n) is 5.62. The van der Waals surface area contributed by atoms with Gasteiger partial charge in [0.05, 0.1) is 19.7 Å². The van der Waals surface area contributed by atoms with Crippen LogP contribution >= 0.6 is 0 Å². The van der Waals surface area contributed by atoms with Gasteiger partial charge in [-0.1, -0.05) is 0 Å². The topological polar surface area (TPSA) is 230 Å². The van der Waals surface area contributed by atoms with Gasteiger partial charge in [-0.25, -0.2) is 0 Å². The Morgan fingerprint density at radius 1 is 1.12 bits per heavy atom. The summed E-state index contributed by atoms with van der Waals surface area (Å²) >= 11 is 0. The van der Waals surface area contributed by atoms with Crippen molar-refractivity contribution < 1.29 is 34.4 Å². The zero-order chi connectivity index (χ0) is 20.3. The van der Waals surface area contributed by atoms with Crippen molar-refractivity contribution in [3.63, 3.8) is 0 Å². The molecule has 0 aromatic rings. The van der Waals surface area contributed by atoms with E-state index in [9.17, 15) is 50.0 Å². The van der Waals surface area contributed by atoms with Gasteiger partial charge in [0.1, 0.15) is 12.8 Å². The lowest BCUT2D eigenvalue weighted by Gasteiger charge is -2.30. The van der Waals surface area contributed by atoms with Gasteiger partial charge in [-0.05, 0) is 0 Å². The number of piperidine rings is 1. The van der Waals surface area contributed by atoms with E-state index < -0.39 is 81.7 Å². The predicted octanol–water partition coefficient (Wildman–Crippen LogP) is -1.03. The van der Waals surface area contributed by atoms with Crippen molar-refractivity contribution in [1.29, 1.82) is 0 Å². The Balaban J connectivity index is 2.96. The van der Waals surface area contributed by atoms with Crippen molar-refractivity contribution >= 4 is 11.9 Å². The molecule has 0 atom stereocenters. The molecule has 1 amide bonds. The highest BCUT2D eigenvalue weighted by Gasteiger charge is 2.62. The van der Waals surface area contributed by atoms with Crippen molar-refractivity contribution in [1.82, 2.24) is 4.90 Å². The molecule has 1 fully saturated rings. The number of carboxylic acid groups (broad SMARTS) is 1. The Hall–Kier alpha value is -3.46. The summed E-state index contributed by atoms with van der Waals surface area (Å²) in [7, 11) is 0. The Labute approximate surface area is 143 Å². The Morgan fingerprint density at radius 2 is 1.62 bits per heavy atom. The molecule has 1 aliphatic heterocycles. The van der Waals surface area contributed by atoms with E-state index in [1.54, 1.807) is 0 Å². The number of carboxylic acids is 1. The summed E-state index contributed by atoms with van der Waals surface area (Å²) in [6.07, 6.45) is -4.23. The van der Waals surface area contributed by atoms with Gasteiger partial charge in [0.25, 0.3) is 0 Å². The van der Waals surface area contributed by atoms with Crippen LogP contribution in [-0.4, -0.2) is 66.0 Å². The van der Waals surface area contributed by atoms with Crippen LogP contribution in [0, 0.1) is 40.5 Å². The maximum absolute atomic E-state index is 12.0. The summed E-state index contributed by atoms with van der Waals surface area (Å²) in [5.41, 5.74) is -5.81. The maximum atomic E-state index is 12.0. The summed E-state index contributed by atoms with van der Waals surface area (Å²) in [4.78, 5) is 62.3. The number of rotatable bonds is 9. The molecule has 0 saturated carbocycles. The van der Waals surface area contributed by atoms with Gasteiger partial charge in [0, 0.05) is 13.1 Å². The lowest BCUT2D eigenvalue weighted by molar-refractivity contribution is -0.798. The first-order valence-corrected chi connectivity index (χ1v) is 6.96. The predicted molar refractivity (Wildman–Crippen MR) is 76.1 cm³/mol. The van der Waals surface area contributed by atoms with Crippen LogP contribution in [0.15, 0.2) is 0 Å². The van der Waals surface area contributed by atoms with Gasteiger partial charge >= 0.3 is 17.3 Å². The first kappa shape index (κ1) is 20.6. The van der Waals surface area contributed by atoms with Crippen molar-refractivity contribution in [2.45, 2.75) is 37.0 Å². The van der Waals surface area contributed by atoms with E-state index in [-0.39, 0.29) is 0 Å². The van der Waals surface area contributed by atoms with Crippen molar-refractivity contribution in [2.75, 3.05) is 13.1 Å². The minimum atomic E-state index is -3.09. The van der Waals surface area contributed by atoms with E-state index in [1.807, 2.05) is 0 Å². The SMILES string of the molecule is O=C(O)CC(CCN1CCC([N+](=O)[O-])([N+](=O)[O-])CC1=O)([N+](=O)[O-])[N+](=O)[O-]. The minimum absolute atomic E-state index is 0.528. The molecule has 1 N–H and O–H groups in total. The average molecular weight is 379 g/mol. The molecule has 1 aliphatic rings. The van der Waals surface area contributed by atoms with Crippen LogP contribution in [-0.2, 0) is 9.59 Å². The molecule has 0 spiro atoms. The Morgan fingerprint density at radius 3 is 1.96 bits per heavy atom. The number of nitrogens with zero attached hydrogens (tertiary/aromatic N) is 5. The Kier molecular flexibility index (Phi) is 5.70. The molecule has 16 nitrogen and oxygen atoms in total. The summed E-state index contributed by atoms with van der Waals surface area (Å²) in [5, 5.41) is 52.7. The molecule has 1 saturated heterocycles.